The molecular weight excluding hydrogens is 498 g/mol. The second-order valence-electron chi connectivity index (χ2n) is 10.1. The first-order chi connectivity index (χ1) is 18.5. The molecule has 6 heteroatoms. The van der Waals surface area contributed by atoms with Crippen LogP contribution in [0.3, 0.4) is 0 Å². The maximum atomic E-state index is 11.6. The summed E-state index contributed by atoms with van der Waals surface area (Å²) in [5.41, 5.74) is 4.18. The molecule has 1 atom stereocenters. The van der Waals surface area contributed by atoms with E-state index in [1.165, 1.54) is 5.56 Å². The molecule has 0 aliphatic heterocycles. The number of carboxylic acids is 1. The van der Waals surface area contributed by atoms with E-state index in [2.05, 4.69) is 29.2 Å². The summed E-state index contributed by atoms with van der Waals surface area (Å²) in [6.07, 6.45) is 3.26. The molecule has 1 fully saturated rings. The average Bonchev–Trinajstić information content (AvgIpc) is 2.90. The van der Waals surface area contributed by atoms with Crippen molar-refractivity contribution in [2.75, 3.05) is 0 Å². The Morgan fingerprint density at radius 3 is 2.58 bits per heavy atom. The average molecular weight is 530 g/mol. The fraction of sp³-hybridized carbons (Fsp3) is 0.312. The lowest BCUT2D eigenvalue weighted by Crippen LogP contribution is -2.28. The summed E-state index contributed by atoms with van der Waals surface area (Å²) < 4.78 is 11.9. The van der Waals surface area contributed by atoms with Crippen LogP contribution in [0.2, 0.25) is 5.02 Å². The van der Waals surface area contributed by atoms with Gasteiger partial charge in [0.25, 0.3) is 0 Å². The van der Waals surface area contributed by atoms with E-state index in [1.54, 1.807) is 6.07 Å². The summed E-state index contributed by atoms with van der Waals surface area (Å²) in [4.78, 5) is 16.3. The number of carbonyl (C=O) groups is 1. The molecule has 196 valence electrons. The van der Waals surface area contributed by atoms with Crippen LogP contribution < -0.4 is 9.47 Å². The monoisotopic (exact) mass is 529 g/mol. The van der Waals surface area contributed by atoms with Gasteiger partial charge in [0.05, 0.1) is 16.2 Å². The van der Waals surface area contributed by atoms with Gasteiger partial charge in [-0.2, -0.15) is 0 Å². The van der Waals surface area contributed by atoms with Crippen LogP contribution in [0.4, 0.5) is 0 Å². The molecule has 1 unspecified atom stereocenters. The van der Waals surface area contributed by atoms with Gasteiger partial charge in [-0.3, -0.25) is 0 Å². The Morgan fingerprint density at radius 2 is 1.82 bits per heavy atom. The summed E-state index contributed by atoms with van der Waals surface area (Å²) in [6.45, 7) is 2.38. The van der Waals surface area contributed by atoms with Crippen LogP contribution in [0.15, 0.2) is 78.9 Å². The number of hydrogen-bond donors (Lipinski definition) is 1. The Morgan fingerprint density at radius 1 is 1.03 bits per heavy atom. The van der Waals surface area contributed by atoms with Crippen LogP contribution in [0.25, 0.3) is 10.9 Å². The molecule has 0 amide bonds. The molecule has 4 aromatic rings. The number of hydrogen-bond acceptors (Lipinski definition) is 4. The quantitative estimate of drug-likeness (QED) is 0.214. The number of benzene rings is 3. The van der Waals surface area contributed by atoms with E-state index in [0.717, 1.165) is 53.6 Å². The smallest absolute Gasteiger partial charge is 0.344 e. The van der Waals surface area contributed by atoms with Crippen molar-refractivity contribution < 1.29 is 19.4 Å². The minimum atomic E-state index is -0.956. The maximum absolute atomic E-state index is 11.6. The minimum absolute atomic E-state index is 0.431. The molecule has 5 rings (SSSR count). The van der Waals surface area contributed by atoms with Crippen LogP contribution in [0, 0.1) is 5.92 Å². The number of carboxylic acid groups (broad SMARTS) is 1. The predicted molar refractivity (Wildman–Crippen MR) is 150 cm³/mol. The molecule has 0 saturated heterocycles. The summed E-state index contributed by atoms with van der Waals surface area (Å²) in [5, 5.41) is 11.1. The van der Waals surface area contributed by atoms with Crippen molar-refractivity contribution >= 4 is 28.5 Å². The maximum Gasteiger partial charge on any atom is 0.344 e. The first kappa shape index (κ1) is 26.1. The third kappa shape index (κ3) is 6.11. The van der Waals surface area contributed by atoms with E-state index in [-0.39, 0.29) is 0 Å². The molecule has 5 nitrogen and oxygen atoms in total. The molecule has 0 spiro atoms. The zero-order valence-electron chi connectivity index (χ0n) is 21.5. The number of para-hydroxylation sites is 2. The highest BCUT2D eigenvalue weighted by Gasteiger charge is 2.31. The van der Waals surface area contributed by atoms with Crippen molar-refractivity contribution in [2.45, 2.75) is 57.7 Å². The van der Waals surface area contributed by atoms with Crippen LogP contribution in [-0.4, -0.2) is 22.2 Å². The van der Waals surface area contributed by atoms with Crippen molar-refractivity contribution in [3.8, 4) is 11.5 Å². The number of rotatable bonds is 11. The Labute approximate surface area is 228 Å². The van der Waals surface area contributed by atoms with E-state index < -0.39 is 12.1 Å². The van der Waals surface area contributed by atoms with Gasteiger partial charge in [0.2, 0.25) is 0 Å². The number of aromatic nitrogens is 1. The Hall–Kier alpha value is -3.57. The van der Waals surface area contributed by atoms with Gasteiger partial charge in [0, 0.05) is 5.39 Å². The van der Waals surface area contributed by atoms with Crippen molar-refractivity contribution in [1.82, 2.24) is 4.98 Å². The fourth-order valence-corrected chi connectivity index (χ4v) is 5.39. The van der Waals surface area contributed by atoms with Gasteiger partial charge >= 0.3 is 5.97 Å². The minimum Gasteiger partial charge on any atom is -0.487 e. The van der Waals surface area contributed by atoms with Crippen molar-refractivity contribution in [1.29, 1.82) is 0 Å². The van der Waals surface area contributed by atoms with Gasteiger partial charge < -0.3 is 14.6 Å². The molecular formula is C32H32ClNO4. The summed E-state index contributed by atoms with van der Waals surface area (Å²) in [7, 11) is 0. The lowest BCUT2D eigenvalue weighted by molar-refractivity contribution is -0.145. The molecule has 1 aliphatic rings. The molecule has 1 aromatic heterocycles. The number of pyridine rings is 1. The zero-order valence-corrected chi connectivity index (χ0v) is 22.2. The summed E-state index contributed by atoms with van der Waals surface area (Å²) >= 11 is 6.42. The molecule has 3 aromatic carbocycles. The number of halogens is 1. The van der Waals surface area contributed by atoms with Crippen molar-refractivity contribution in [3.63, 3.8) is 0 Å². The van der Waals surface area contributed by atoms with E-state index >= 15 is 0 Å². The number of ether oxygens (including phenoxy) is 2. The normalized spacial score (nSPS) is 17.5. The van der Waals surface area contributed by atoms with Gasteiger partial charge in [-0.25, -0.2) is 9.78 Å². The Kier molecular flexibility index (Phi) is 8.14. The lowest BCUT2D eigenvalue weighted by atomic mass is 9.69. The molecule has 1 N–H and O–H groups in total. The lowest BCUT2D eigenvalue weighted by Gasteiger charge is -2.36. The summed E-state index contributed by atoms with van der Waals surface area (Å²) in [6, 6.07) is 26.2. The van der Waals surface area contributed by atoms with Crippen LogP contribution >= 0.6 is 11.6 Å². The topological polar surface area (TPSA) is 68.7 Å². The second-order valence-corrected chi connectivity index (χ2v) is 10.5. The highest BCUT2D eigenvalue weighted by atomic mass is 35.5. The van der Waals surface area contributed by atoms with Crippen LogP contribution in [0.5, 0.6) is 11.5 Å². The second kappa shape index (κ2) is 11.9. The molecule has 1 saturated carbocycles. The fourth-order valence-electron chi connectivity index (χ4n) is 5.15. The Bertz CT molecular complexity index is 1400. The first-order valence-electron chi connectivity index (χ1n) is 13.2. The van der Waals surface area contributed by atoms with Gasteiger partial charge in [0.15, 0.2) is 6.10 Å². The molecule has 1 aliphatic carbocycles. The molecule has 1 heterocycles. The van der Waals surface area contributed by atoms with Crippen molar-refractivity contribution in [3.05, 3.63) is 101 Å². The van der Waals surface area contributed by atoms with Crippen molar-refractivity contribution in [2.24, 2.45) is 5.92 Å². The van der Waals surface area contributed by atoms with E-state index in [1.807, 2.05) is 55.5 Å². The largest absolute Gasteiger partial charge is 0.487 e. The zero-order chi connectivity index (χ0) is 26.5. The summed E-state index contributed by atoms with van der Waals surface area (Å²) in [5.74, 6) is 1.40. The van der Waals surface area contributed by atoms with Crippen LogP contribution in [-0.2, 0) is 17.8 Å². The highest BCUT2D eigenvalue weighted by Crippen LogP contribution is 2.45. The first-order valence-corrected chi connectivity index (χ1v) is 13.6. The van der Waals surface area contributed by atoms with E-state index in [0.29, 0.717) is 35.6 Å². The van der Waals surface area contributed by atoms with Crippen LogP contribution in [0.1, 0.15) is 55.3 Å². The van der Waals surface area contributed by atoms with Gasteiger partial charge in [-0.05, 0) is 79.0 Å². The predicted octanol–water partition coefficient (Wildman–Crippen LogP) is 7.84. The number of nitrogens with zero attached hydrogens (tertiary/aromatic N) is 1. The number of aliphatic carboxylic acids is 1. The van der Waals surface area contributed by atoms with E-state index in [9.17, 15) is 9.90 Å². The molecule has 0 radical (unpaired) electrons. The standard InChI is InChI=1S/C32H32ClNO4/c1-2-6-30(32(35)36)38-31-24(8-5-9-28(31)33)17-21-18-25(19-21)22-12-15-27(16-13-22)37-20-26-14-11-23-7-3-4-10-29(23)34-26/h3-5,7-16,21,25,30H,2,6,17-20H2,1H3,(H,35,36). The number of fused-ring (bicyclic) bond motifs is 1. The van der Waals surface area contributed by atoms with Gasteiger partial charge in [-0.15, -0.1) is 0 Å². The molecule has 38 heavy (non-hydrogen) atoms. The third-order valence-electron chi connectivity index (χ3n) is 7.27. The molecule has 0 bridgehead atoms. The third-order valence-corrected chi connectivity index (χ3v) is 7.57. The highest BCUT2D eigenvalue weighted by molar-refractivity contribution is 6.32. The Balaban J connectivity index is 1.15. The van der Waals surface area contributed by atoms with Gasteiger partial charge in [0.1, 0.15) is 18.1 Å². The van der Waals surface area contributed by atoms with Gasteiger partial charge in [-0.1, -0.05) is 73.5 Å². The SMILES string of the molecule is CCCC(Oc1c(Cl)cccc1CC1CC(c2ccc(OCc3ccc4ccccc4n3)cc2)C1)C(=O)O. The van der Waals surface area contributed by atoms with E-state index in [4.69, 9.17) is 21.1 Å².